The Morgan fingerprint density at radius 1 is 1.13 bits per heavy atom. The summed E-state index contributed by atoms with van der Waals surface area (Å²) in [7, 11) is 0. The van der Waals surface area contributed by atoms with Crippen LogP contribution in [0.2, 0.25) is 0 Å². The average Bonchev–Trinajstić information content (AvgIpc) is 2.34. The molecule has 0 bridgehead atoms. The zero-order valence-corrected chi connectivity index (χ0v) is 14.9. The fourth-order valence-electron chi connectivity index (χ4n) is 2.06. The lowest BCUT2D eigenvalue weighted by Gasteiger charge is -2.28. The number of ether oxygens (including phenoxy) is 2. The number of esters is 1. The fraction of sp³-hybridized carbons (Fsp3) is 0.556. The van der Waals surface area contributed by atoms with E-state index in [0.29, 0.717) is 18.6 Å². The Bertz CT molecular complexity index is 558. The monoisotopic (exact) mass is 321 g/mol. The van der Waals surface area contributed by atoms with Crippen LogP contribution in [0.5, 0.6) is 5.75 Å². The molecule has 5 heteroatoms. The third-order valence-electron chi connectivity index (χ3n) is 2.90. The molecule has 1 aromatic carbocycles. The van der Waals surface area contributed by atoms with Crippen LogP contribution in [-0.2, 0) is 16.0 Å². The summed E-state index contributed by atoms with van der Waals surface area (Å²) in [5, 5.41) is 2.86. The van der Waals surface area contributed by atoms with Gasteiger partial charge in [0.05, 0.1) is 0 Å². The lowest BCUT2D eigenvalue weighted by atomic mass is 9.95. The molecule has 1 amide bonds. The number of carbonyl (C=O) groups is 2. The van der Waals surface area contributed by atoms with Crippen molar-refractivity contribution >= 4 is 12.1 Å². The quantitative estimate of drug-likeness (QED) is 0.661. The Hall–Kier alpha value is -2.04. The van der Waals surface area contributed by atoms with Gasteiger partial charge in [0.25, 0.3) is 0 Å². The topological polar surface area (TPSA) is 64.6 Å². The lowest BCUT2D eigenvalue weighted by molar-refractivity contribution is -0.134. The van der Waals surface area contributed by atoms with Crippen LogP contribution in [0.25, 0.3) is 0 Å². The van der Waals surface area contributed by atoms with Gasteiger partial charge >= 0.3 is 12.1 Å². The van der Waals surface area contributed by atoms with Crippen molar-refractivity contribution in [3.63, 3.8) is 0 Å². The maximum atomic E-state index is 11.9. The van der Waals surface area contributed by atoms with Crippen LogP contribution in [0.3, 0.4) is 0 Å². The van der Waals surface area contributed by atoms with Gasteiger partial charge in [-0.15, -0.1) is 0 Å². The van der Waals surface area contributed by atoms with Gasteiger partial charge in [-0.25, -0.2) is 4.79 Å². The fourth-order valence-corrected chi connectivity index (χ4v) is 2.06. The molecule has 0 spiro atoms. The normalized spacial score (nSPS) is 11.7. The van der Waals surface area contributed by atoms with E-state index in [0.717, 1.165) is 5.56 Å². The minimum atomic E-state index is -0.533. The smallest absolute Gasteiger partial charge is 0.408 e. The second kappa shape index (κ2) is 7.49. The number of nitrogens with one attached hydrogen (secondary N) is 1. The third kappa shape index (κ3) is 7.68. The van der Waals surface area contributed by atoms with Crippen molar-refractivity contribution in [3.8, 4) is 5.75 Å². The summed E-state index contributed by atoms with van der Waals surface area (Å²) >= 11 is 0. The van der Waals surface area contributed by atoms with E-state index in [-0.39, 0.29) is 5.97 Å². The molecule has 0 atom stereocenters. The zero-order valence-electron chi connectivity index (χ0n) is 14.9. The van der Waals surface area contributed by atoms with Crippen molar-refractivity contribution < 1.29 is 19.1 Å². The van der Waals surface area contributed by atoms with E-state index < -0.39 is 17.2 Å². The number of alkyl carbamates (subject to hydrolysis) is 1. The van der Waals surface area contributed by atoms with Crippen LogP contribution < -0.4 is 10.1 Å². The highest BCUT2D eigenvalue weighted by molar-refractivity contribution is 5.72. The number of amides is 1. The first kappa shape index (κ1) is 19.0. The first-order valence-electron chi connectivity index (χ1n) is 7.81. The number of hydrogen-bond donors (Lipinski definition) is 1. The van der Waals surface area contributed by atoms with E-state index in [1.807, 2.05) is 52.8 Å². The highest BCUT2D eigenvalue weighted by Gasteiger charge is 2.25. The Labute approximate surface area is 138 Å². The number of hydrogen-bond acceptors (Lipinski definition) is 4. The average molecular weight is 321 g/mol. The summed E-state index contributed by atoms with van der Waals surface area (Å²) in [4.78, 5) is 23.3. The van der Waals surface area contributed by atoms with Gasteiger partial charge in [-0.2, -0.15) is 0 Å². The minimum Gasteiger partial charge on any atom is -0.444 e. The molecule has 0 unspecified atom stereocenters. The molecule has 0 fully saturated rings. The van der Waals surface area contributed by atoms with Crippen molar-refractivity contribution in [2.45, 2.75) is 65.5 Å². The highest BCUT2D eigenvalue weighted by atomic mass is 16.6. The van der Waals surface area contributed by atoms with Gasteiger partial charge in [-0.05, 0) is 58.7 Å². The van der Waals surface area contributed by atoms with Crippen LogP contribution in [0.1, 0.15) is 53.5 Å². The van der Waals surface area contributed by atoms with Crippen LogP contribution in [0.15, 0.2) is 24.3 Å². The molecule has 0 aromatic heterocycles. The molecule has 0 aliphatic heterocycles. The summed E-state index contributed by atoms with van der Waals surface area (Å²) in [5.74, 6) is 0.246. The number of rotatable bonds is 5. The third-order valence-corrected chi connectivity index (χ3v) is 2.90. The Morgan fingerprint density at radius 3 is 2.35 bits per heavy atom. The first-order valence-corrected chi connectivity index (χ1v) is 7.81. The van der Waals surface area contributed by atoms with Crippen LogP contribution in [0, 0.1) is 0 Å². The number of carbonyl (C=O) groups excluding carboxylic acids is 2. The second-order valence-corrected chi connectivity index (χ2v) is 7.16. The molecule has 1 aromatic rings. The molecule has 0 heterocycles. The molecular weight excluding hydrogens is 294 g/mol. The lowest BCUT2D eigenvalue weighted by Crippen LogP contribution is -2.47. The van der Waals surface area contributed by atoms with Crippen molar-refractivity contribution in [1.82, 2.24) is 5.32 Å². The number of benzene rings is 1. The molecule has 128 valence electrons. The molecule has 23 heavy (non-hydrogen) atoms. The standard InChI is InChI=1S/C18H27NO4/c1-7-15(20)22-14-10-8-9-13(11-14)12-18(5,6)19-16(21)23-17(2,3)4/h8-11H,7,12H2,1-6H3,(H,19,21). The molecule has 0 radical (unpaired) electrons. The predicted octanol–water partition coefficient (Wildman–Crippen LogP) is 3.85. The van der Waals surface area contributed by atoms with Crippen molar-refractivity contribution in [2.24, 2.45) is 0 Å². The second-order valence-electron chi connectivity index (χ2n) is 7.16. The zero-order chi connectivity index (χ0) is 17.7. The van der Waals surface area contributed by atoms with E-state index in [1.165, 1.54) is 0 Å². The molecule has 0 aliphatic carbocycles. The van der Waals surface area contributed by atoms with E-state index in [1.54, 1.807) is 13.0 Å². The maximum absolute atomic E-state index is 11.9. The Balaban J connectivity index is 2.71. The first-order chi connectivity index (χ1) is 10.5. The van der Waals surface area contributed by atoms with Gasteiger partial charge in [-0.1, -0.05) is 19.1 Å². The molecule has 0 saturated heterocycles. The summed E-state index contributed by atoms with van der Waals surface area (Å²) in [6, 6.07) is 7.32. The van der Waals surface area contributed by atoms with Gasteiger partial charge in [0.1, 0.15) is 11.4 Å². The van der Waals surface area contributed by atoms with Crippen molar-refractivity contribution in [1.29, 1.82) is 0 Å². The Morgan fingerprint density at radius 2 is 1.78 bits per heavy atom. The minimum absolute atomic E-state index is 0.270. The van der Waals surface area contributed by atoms with Gasteiger partial charge in [0, 0.05) is 12.0 Å². The molecule has 5 nitrogen and oxygen atoms in total. The van der Waals surface area contributed by atoms with Crippen molar-refractivity contribution in [3.05, 3.63) is 29.8 Å². The summed E-state index contributed by atoms with van der Waals surface area (Å²) in [5.41, 5.74) is -0.0584. The largest absolute Gasteiger partial charge is 0.444 e. The van der Waals surface area contributed by atoms with E-state index in [9.17, 15) is 9.59 Å². The van der Waals surface area contributed by atoms with Crippen molar-refractivity contribution in [2.75, 3.05) is 0 Å². The summed E-state index contributed by atoms with van der Waals surface area (Å²) in [6.45, 7) is 11.1. The SMILES string of the molecule is CCC(=O)Oc1cccc(CC(C)(C)NC(=O)OC(C)(C)C)c1. The predicted molar refractivity (Wildman–Crippen MR) is 89.5 cm³/mol. The van der Waals surface area contributed by atoms with Crippen LogP contribution in [0.4, 0.5) is 4.79 Å². The van der Waals surface area contributed by atoms with E-state index in [2.05, 4.69) is 5.32 Å². The molecule has 1 N–H and O–H groups in total. The molecule has 1 rings (SSSR count). The summed E-state index contributed by atoms with van der Waals surface area (Å²) < 4.78 is 10.5. The van der Waals surface area contributed by atoms with Gasteiger partial charge in [-0.3, -0.25) is 4.79 Å². The van der Waals surface area contributed by atoms with Gasteiger partial charge in [0.2, 0.25) is 0 Å². The van der Waals surface area contributed by atoms with E-state index >= 15 is 0 Å². The van der Waals surface area contributed by atoms with Crippen LogP contribution in [-0.4, -0.2) is 23.2 Å². The maximum Gasteiger partial charge on any atom is 0.408 e. The molecule has 0 aliphatic rings. The summed E-state index contributed by atoms with van der Waals surface area (Å²) in [6.07, 6.45) is 0.468. The molecular formula is C18H27NO4. The van der Waals surface area contributed by atoms with Gasteiger partial charge < -0.3 is 14.8 Å². The van der Waals surface area contributed by atoms with Crippen LogP contribution >= 0.6 is 0 Å². The Kier molecular flexibility index (Phi) is 6.19. The molecule has 0 saturated carbocycles. The van der Waals surface area contributed by atoms with E-state index in [4.69, 9.17) is 9.47 Å². The highest BCUT2D eigenvalue weighted by Crippen LogP contribution is 2.19. The van der Waals surface area contributed by atoms with Gasteiger partial charge in [0.15, 0.2) is 0 Å².